The van der Waals surface area contributed by atoms with Crippen molar-refractivity contribution in [2.24, 2.45) is 5.92 Å². The summed E-state index contributed by atoms with van der Waals surface area (Å²) in [6.07, 6.45) is 5.26. The highest BCUT2D eigenvalue weighted by molar-refractivity contribution is 5.80. The summed E-state index contributed by atoms with van der Waals surface area (Å²) in [6, 6.07) is 9.02. The number of aromatic nitrogens is 3. The molecule has 10 heteroatoms. The molecule has 0 atom stereocenters. The number of nitrogens with two attached hydrogens (primary N) is 1. The number of hydrogen-bond donors (Lipinski definition) is 1. The highest BCUT2D eigenvalue weighted by atomic mass is 19.1. The lowest BCUT2D eigenvalue weighted by Crippen LogP contribution is -2.46. The highest BCUT2D eigenvalue weighted by Crippen LogP contribution is 2.34. The van der Waals surface area contributed by atoms with Gasteiger partial charge in [-0.2, -0.15) is 0 Å². The number of carbonyl (C=O) groups excluding carboxylic acids is 1. The minimum Gasteiger partial charge on any atom is -0.384 e. The Balaban J connectivity index is 1.08. The van der Waals surface area contributed by atoms with E-state index in [4.69, 9.17) is 15.5 Å². The summed E-state index contributed by atoms with van der Waals surface area (Å²) < 4.78 is 21.8. The van der Waals surface area contributed by atoms with Gasteiger partial charge in [0.05, 0.1) is 24.2 Å². The molecule has 2 N–H and O–H groups in total. The van der Waals surface area contributed by atoms with Gasteiger partial charge in [0.2, 0.25) is 11.9 Å². The Kier molecular flexibility index (Phi) is 7.16. The van der Waals surface area contributed by atoms with E-state index in [-0.39, 0.29) is 17.8 Å². The van der Waals surface area contributed by atoms with Crippen LogP contribution in [0.4, 0.5) is 16.2 Å². The third-order valence-electron chi connectivity index (χ3n) is 8.26. The number of pyridine rings is 1. The van der Waals surface area contributed by atoms with Crippen molar-refractivity contribution in [3.8, 4) is 0 Å². The molecule has 9 nitrogen and oxygen atoms in total. The Bertz CT molecular complexity index is 1280. The third kappa shape index (κ3) is 5.19. The number of piperidine rings is 2. The number of carbonyl (C=O) groups is 1. The average molecular weight is 522 g/mol. The maximum absolute atomic E-state index is 14.0. The fourth-order valence-corrected chi connectivity index (χ4v) is 6.20. The van der Waals surface area contributed by atoms with Gasteiger partial charge in [-0.05, 0) is 68.6 Å². The van der Waals surface area contributed by atoms with E-state index in [9.17, 15) is 9.18 Å². The Morgan fingerprint density at radius 2 is 1.76 bits per heavy atom. The van der Waals surface area contributed by atoms with E-state index in [0.717, 1.165) is 88.5 Å². The van der Waals surface area contributed by atoms with Crippen LogP contribution in [0.15, 0.2) is 36.5 Å². The van der Waals surface area contributed by atoms with E-state index in [0.29, 0.717) is 30.5 Å². The molecule has 6 rings (SSSR count). The van der Waals surface area contributed by atoms with E-state index in [1.807, 2.05) is 18.2 Å². The van der Waals surface area contributed by atoms with Crippen molar-refractivity contribution in [3.05, 3.63) is 47.9 Å². The molecule has 0 aliphatic carbocycles. The zero-order chi connectivity index (χ0) is 26.1. The van der Waals surface area contributed by atoms with Gasteiger partial charge in [-0.1, -0.05) is 0 Å². The molecule has 3 aliphatic rings. The second-order valence-corrected chi connectivity index (χ2v) is 10.7. The van der Waals surface area contributed by atoms with Gasteiger partial charge in [-0.25, -0.2) is 14.4 Å². The first-order valence-corrected chi connectivity index (χ1v) is 13.8. The number of nitrogens with zero attached hydrogens (tertiary/aromatic N) is 6. The monoisotopic (exact) mass is 521 g/mol. The van der Waals surface area contributed by atoms with E-state index in [1.165, 1.54) is 12.1 Å². The summed E-state index contributed by atoms with van der Waals surface area (Å²) in [5, 5.41) is 0. The number of benzene rings is 1. The predicted octanol–water partition coefficient (Wildman–Crippen LogP) is 3.06. The van der Waals surface area contributed by atoms with Gasteiger partial charge in [0.1, 0.15) is 11.6 Å². The zero-order valence-electron chi connectivity index (χ0n) is 21.8. The summed E-state index contributed by atoms with van der Waals surface area (Å²) in [5.74, 6) is 1.55. The van der Waals surface area contributed by atoms with Crippen LogP contribution in [-0.2, 0) is 16.1 Å². The lowest BCUT2D eigenvalue weighted by molar-refractivity contribution is -0.138. The fraction of sp³-hybridized carbons (Fsp3) is 0.536. The van der Waals surface area contributed by atoms with Gasteiger partial charge < -0.3 is 24.8 Å². The molecule has 3 aliphatic heterocycles. The number of nitrogen functional groups attached to an aromatic ring is 1. The SMILES string of the molecule is Nc1cc(CN2CCC(C(=O)N3CCC(n4c(N5CCOCC5)nc5cc(F)ccc54)CC3)CC2)ccn1. The number of amides is 1. The lowest BCUT2D eigenvalue weighted by Gasteiger charge is -2.38. The summed E-state index contributed by atoms with van der Waals surface area (Å²) >= 11 is 0. The third-order valence-corrected chi connectivity index (χ3v) is 8.26. The second-order valence-electron chi connectivity index (χ2n) is 10.7. The van der Waals surface area contributed by atoms with Crippen molar-refractivity contribution in [3.63, 3.8) is 0 Å². The first-order valence-electron chi connectivity index (χ1n) is 13.8. The summed E-state index contributed by atoms with van der Waals surface area (Å²) in [7, 11) is 0. The molecule has 202 valence electrons. The van der Waals surface area contributed by atoms with Crippen LogP contribution in [0.1, 0.15) is 37.3 Å². The smallest absolute Gasteiger partial charge is 0.225 e. The van der Waals surface area contributed by atoms with Crippen LogP contribution in [0.25, 0.3) is 11.0 Å². The number of morpholine rings is 1. The molecule has 0 spiro atoms. The Morgan fingerprint density at radius 1 is 1.00 bits per heavy atom. The number of ether oxygens (including phenoxy) is 1. The van der Waals surface area contributed by atoms with Crippen LogP contribution in [0.5, 0.6) is 0 Å². The van der Waals surface area contributed by atoms with Gasteiger partial charge in [-0.3, -0.25) is 9.69 Å². The van der Waals surface area contributed by atoms with Gasteiger partial charge in [0, 0.05) is 56.9 Å². The van der Waals surface area contributed by atoms with Crippen molar-refractivity contribution in [1.82, 2.24) is 24.3 Å². The first-order chi connectivity index (χ1) is 18.5. The minimum atomic E-state index is -0.271. The Hall–Kier alpha value is -3.24. The molecule has 0 bridgehead atoms. The Labute approximate surface area is 222 Å². The molecule has 38 heavy (non-hydrogen) atoms. The van der Waals surface area contributed by atoms with Gasteiger partial charge in [0.25, 0.3) is 0 Å². The minimum absolute atomic E-state index is 0.0891. The standard InChI is InChI=1S/C28H36FN7O2/c29-22-1-2-25-24(18-22)32-28(35-13-15-38-16-14-35)36(25)23-6-11-34(12-7-23)27(37)21-4-9-33(10-5-21)19-20-3-8-31-26(30)17-20/h1-3,8,17-18,21,23H,4-7,9-16,19H2,(H2,30,31). The number of halogens is 1. The predicted molar refractivity (Wildman–Crippen MR) is 144 cm³/mol. The van der Waals surface area contributed by atoms with Crippen molar-refractivity contribution < 1.29 is 13.9 Å². The van der Waals surface area contributed by atoms with Crippen LogP contribution >= 0.6 is 0 Å². The molecule has 0 saturated carbocycles. The van der Waals surface area contributed by atoms with Crippen LogP contribution in [0.3, 0.4) is 0 Å². The summed E-state index contributed by atoms with van der Waals surface area (Å²) in [5.41, 5.74) is 8.63. The molecule has 5 heterocycles. The molecular formula is C28H36FN7O2. The Morgan fingerprint density at radius 3 is 2.50 bits per heavy atom. The molecule has 2 aromatic heterocycles. The quantitative estimate of drug-likeness (QED) is 0.552. The van der Waals surface area contributed by atoms with E-state index >= 15 is 0 Å². The lowest BCUT2D eigenvalue weighted by atomic mass is 9.93. The van der Waals surface area contributed by atoms with Crippen LogP contribution in [0, 0.1) is 11.7 Å². The molecule has 1 amide bonds. The zero-order valence-corrected chi connectivity index (χ0v) is 21.8. The van der Waals surface area contributed by atoms with Crippen molar-refractivity contribution in [2.75, 3.05) is 63.1 Å². The van der Waals surface area contributed by atoms with Crippen molar-refractivity contribution >= 4 is 28.7 Å². The number of imidazole rings is 1. The van der Waals surface area contributed by atoms with E-state index < -0.39 is 0 Å². The van der Waals surface area contributed by atoms with Gasteiger partial charge >= 0.3 is 0 Å². The summed E-state index contributed by atoms with van der Waals surface area (Å²) in [4.78, 5) is 29.0. The number of anilines is 2. The molecule has 0 unspecified atom stereocenters. The number of rotatable bonds is 5. The van der Waals surface area contributed by atoms with Gasteiger partial charge in [0.15, 0.2) is 0 Å². The average Bonchev–Trinajstić information content (AvgIpc) is 3.32. The van der Waals surface area contributed by atoms with Crippen LogP contribution < -0.4 is 10.6 Å². The number of fused-ring (bicyclic) bond motifs is 1. The molecular weight excluding hydrogens is 485 g/mol. The molecule has 3 saturated heterocycles. The topological polar surface area (TPSA) is 92.8 Å². The summed E-state index contributed by atoms with van der Waals surface area (Å²) in [6.45, 7) is 7.03. The largest absolute Gasteiger partial charge is 0.384 e. The first kappa shape index (κ1) is 25.1. The van der Waals surface area contributed by atoms with Crippen LogP contribution in [0.2, 0.25) is 0 Å². The van der Waals surface area contributed by atoms with Crippen LogP contribution in [-0.4, -0.2) is 82.7 Å². The van der Waals surface area contributed by atoms with E-state index in [2.05, 4.69) is 24.3 Å². The van der Waals surface area contributed by atoms with Gasteiger partial charge in [-0.15, -0.1) is 0 Å². The van der Waals surface area contributed by atoms with Crippen molar-refractivity contribution in [1.29, 1.82) is 0 Å². The maximum Gasteiger partial charge on any atom is 0.225 e. The number of hydrogen-bond acceptors (Lipinski definition) is 7. The normalized spacial score (nSPS) is 20.3. The molecule has 0 radical (unpaired) electrons. The van der Waals surface area contributed by atoms with Crippen molar-refractivity contribution in [2.45, 2.75) is 38.3 Å². The second kappa shape index (κ2) is 10.9. The molecule has 3 fully saturated rings. The molecule has 1 aromatic carbocycles. The van der Waals surface area contributed by atoms with E-state index in [1.54, 1.807) is 6.20 Å². The highest BCUT2D eigenvalue weighted by Gasteiger charge is 2.33. The number of likely N-dealkylation sites (tertiary alicyclic amines) is 2. The fourth-order valence-electron chi connectivity index (χ4n) is 6.20. The molecule has 3 aromatic rings. The maximum atomic E-state index is 14.0.